The van der Waals surface area contributed by atoms with Crippen LogP contribution < -0.4 is 4.90 Å². The van der Waals surface area contributed by atoms with Gasteiger partial charge in [0.05, 0.1) is 0 Å². The summed E-state index contributed by atoms with van der Waals surface area (Å²) in [6, 6.07) is 16.3. The number of rotatable bonds is 5. The third-order valence-corrected chi connectivity index (χ3v) is 2.54. The predicted octanol–water partition coefficient (Wildman–Crippen LogP) is 3.27. The Balaban J connectivity index is 2.16. The molecule has 0 aliphatic heterocycles. The van der Waals surface area contributed by atoms with E-state index in [1.165, 1.54) is 5.56 Å². The predicted molar refractivity (Wildman–Crippen MR) is 71.9 cm³/mol. The summed E-state index contributed by atoms with van der Waals surface area (Å²) in [5.74, 6) is 0.983. The average molecular weight is 224 g/mol. The first-order chi connectivity index (χ1) is 8.40. The zero-order chi connectivity index (χ0) is 11.9. The molecule has 2 rings (SSSR count). The maximum absolute atomic E-state index is 4.37. The molecule has 0 atom stereocenters. The first-order valence-electron chi connectivity index (χ1n) is 5.71. The first-order valence-corrected chi connectivity index (χ1v) is 5.71. The number of nitrogens with zero attached hydrogens (tertiary/aromatic N) is 2. The second-order valence-electron chi connectivity index (χ2n) is 3.84. The van der Waals surface area contributed by atoms with Crippen molar-refractivity contribution in [2.75, 3.05) is 11.4 Å². The second kappa shape index (κ2) is 5.85. The van der Waals surface area contributed by atoms with Crippen LogP contribution in [0.1, 0.15) is 5.56 Å². The standard InChI is InChI=1S/C15H16N2/c1-2-12-17(15-10-6-7-11-16-15)13-14-8-4-3-5-9-14/h2-11H,1,12-13H2. The number of benzene rings is 1. The van der Waals surface area contributed by atoms with E-state index in [-0.39, 0.29) is 0 Å². The highest BCUT2D eigenvalue weighted by Gasteiger charge is 2.05. The van der Waals surface area contributed by atoms with Crippen LogP contribution in [0.15, 0.2) is 67.4 Å². The van der Waals surface area contributed by atoms with E-state index in [0.717, 1.165) is 18.9 Å². The Morgan fingerprint density at radius 3 is 2.47 bits per heavy atom. The van der Waals surface area contributed by atoms with Crippen LogP contribution in [0.5, 0.6) is 0 Å². The molecule has 0 amide bonds. The van der Waals surface area contributed by atoms with E-state index in [0.29, 0.717) is 0 Å². The van der Waals surface area contributed by atoms with Crippen LogP contribution in [-0.4, -0.2) is 11.5 Å². The van der Waals surface area contributed by atoms with E-state index >= 15 is 0 Å². The lowest BCUT2D eigenvalue weighted by Crippen LogP contribution is -2.23. The van der Waals surface area contributed by atoms with Gasteiger partial charge in [0.25, 0.3) is 0 Å². The van der Waals surface area contributed by atoms with Crippen LogP contribution in [-0.2, 0) is 6.54 Å². The molecule has 1 heterocycles. The Hall–Kier alpha value is -2.09. The molecule has 0 bridgehead atoms. The molecule has 0 fully saturated rings. The van der Waals surface area contributed by atoms with Gasteiger partial charge in [-0.3, -0.25) is 0 Å². The average Bonchev–Trinajstić information content (AvgIpc) is 2.40. The summed E-state index contributed by atoms with van der Waals surface area (Å²) >= 11 is 0. The van der Waals surface area contributed by atoms with Gasteiger partial charge < -0.3 is 4.90 Å². The van der Waals surface area contributed by atoms with Gasteiger partial charge in [0.2, 0.25) is 0 Å². The maximum atomic E-state index is 4.37. The van der Waals surface area contributed by atoms with Gasteiger partial charge in [-0.2, -0.15) is 0 Å². The Bertz CT molecular complexity index is 451. The smallest absolute Gasteiger partial charge is 0.129 e. The summed E-state index contributed by atoms with van der Waals surface area (Å²) < 4.78 is 0. The van der Waals surface area contributed by atoms with Crippen molar-refractivity contribution >= 4 is 5.82 Å². The Kier molecular flexibility index (Phi) is 3.92. The molecule has 0 spiro atoms. The van der Waals surface area contributed by atoms with Gasteiger partial charge in [-0.05, 0) is 17.7 Å². The number of aromatic nitrogens is 1. The Morgan fingerprint density at radius 2 is 1.82 bits per heavy atom. The minimum Gasteiger partial charge on any atom is -0.349 e. The van der Waals surface area contributed by atoms with Crippen molar-refractivity contribution in [3.8, 4) is 0 Å². The van der Waals surface area contributed by atoms with Gasteiger partial charge in [0.15, 0.2) is 0 Å². The van der Waals surface area contributed by atoms with Gasteiger partial charge >= 0.3 is 0 Å². The molecule has 2 heteroatoms. The normalized spacial score (nSPS) is 9.88. The molecule has 1 aromatic carbocycles. The van der Waals surface area contributed by atoms with E-state index in [2.05, 4.69) is 40.7 Å². The topological polar surface area (TPSA) is 16.1 Å². The van der Waals surface area contributed by atoms with E-state index in [9.17, 15) is 0 Å². The molecule has 0 unspecified atom stereocenters. The molecule has 0 saturated carbocycles. The monoisotopic (exact) mass is 224 g/mol. The van der Waals surface area contributed by atoms with Crippen LogP contribution in [0.4, 0.5) is 5.82 Å². The summed E-state index contributed by atoms with van der Waals surface area (Å²) in [4.78, 5) is 6.57. The summed E-state index contributed by atoms with van der Waals surface area (Å²) in [5.41, 5.74) is 1.28. The minimum atomic E-state index is 0.798. The molecule has 0 N–H and O–H groups in total. The minimum absolute atomic E-state index is 0.798. The number of anilines is 1. The van der Waals surface area contributed by atoms with Crippen molar-refractivity contribution in [1.82, 2.24) is 4.98 Å². The van der Waals surface area contributed by atoms with Gasteiger partial charge in [-0.25, -0.2) is 4.98 Å². The van der Waals surface area contributed by atoms with Gasteiger partial charge in [-0.1, -0.05) is 42.5 Å². The van der Waals surface area contributed by atoms with Crippen LogP contribution in [0.2, 0.25) is 0 Å². The first kappa shape index (κ1) is 11.4. The zero-order valence-corrected chi connectivity index (χ0v) is 9.79. The summed E-state index contributed by atoms with van der Waals surface area (Å²) in [6.45, 7) is 5.45. The highest BCUT2D eigenvalue weighted by molar-refractivity contribution is 5.39. The van der Waals surface area contributed by atoms with Gasteiger partial charge in [0.1, 0.15) is 5.82 Å². The number of pyridine rings is 1. The highest BCUT2D eigenvalue weighted by atomic mass is 15.2. The quantitative estimate of drug-likeness (QED) is 0.725. The zero-order valence-electron chi connectivity index (χ0n) is 9.79. The molecule has 86 valence electrons. The van der Waals surface area contributed by atoms with Crippen LogP contribution in [0.25, 0.3) is 0 Å². The van der Waals surface area contributed by atoms with Crippen LogP contribution >= 0.6 is 0 Å². The van der Waals surface area contributed by atoms with Crippen LogP contribution in [0.3, 0.4) is 0 Å². The third kappa shape index (κ3) is 3.18. The van der Waals surface area contributed by atoms with Crippen molar-refractivity contribution in [1.29, 1.82) is 0 Å². The van der Waals surface area contributed by atoms with Gasteiger partial charge in [0, 0.05) is 19.3 Å². The molecule has 2 aromatic rings. The number of hydrogen-bond acceptors (Lipinski definition) is 2. The summed E-state index contributed by atoms with van der Waals surface area (Å²) in [7, 11) is 0. The molecular formula is C15H16N2. The molecule has 0 aliphatic rings. The lowest BCUT2D eigenvalue weighted by molar-refractivity contribution is 0.847. The van der Waals surface area contributed by atoms with Crippen molar-refractivity contribution < 1.29 is 0 Å². The Morgan fingerprint density at radius 1 is 1.06 bits per heavy atom. The maximum Gasteiger partial charge on any atom is 0.129 e. The van der Waals surface area contributed by atoms with Crippen molar-refractivity contribution in [3.63, 3.8) is 0 Å². The van der Waals surface area contributed by atoms with Crippen molar-refractivity contribution in [2.24, 2.45) is 0 Å². The summed E-state index contributed by atoms with van der Waals surface area (Å²) in [5, 5.41) is 0. The highest BCUT2D eigenvalue weighted by Crippen LogP contribution is 2.13. The Labute approximate surface area is 102 Å². The number of hydrogen-bond donors (Lipinski definition) is 0. The van der Waals surface area contributed by atoms with E-state index in [4.69, 9.17) is 0 Å². The lowest BCUT2D eigenvalue weighted by atomic mass is 10.2. The molecule has 0 saturated heterocycles. The van der Waals surface area contributed by atoms with Crippen molar-refractivity contribution in [2.45, 2.75) is 6.54 Å². The second-order valence-corrected chi connectivity index (χ2v) is 3.84. The fourth-order valence-corrected chi connectivity index (χ4v) is 1.74. The van der Waals surface area contributed by atoms with Gasteiger partial charge in [-0.15, -0.1) is 6.58 Å². The fraction of sp³-hybridized carbons (Fsp3) is 0.133. The van der Waals surface area contributed by atoms with Crippen LogP contribution in [0, 0.1) is 0 Å². The molecule has 17 heavy (non-hydrogen) atoms. The van der Waals surface area contributed by atoms with E-state index in [1.807, 2.05) is 36.5 Å². The third-order valence-electron chi connectivity index (χ3n) is 2.54. The molecule has 0 radical (unpaired) electrons. The molecular weight excluding hydrogens is 208 g/mol. The molecule has 0 aliphatic carbocycles. The summed E-state index contributed by atoms with van der Waals surface area (Å²) in [6.07, 6.45) is 3.72. The largest absolute Gasteiger partial charge is 0.349 e. The van der Waals surface area contributed by atoms with E-state index in [1.54, 1.807) is 0 Å². The molecule has 2 nitrogen and oxygen atoms in total. The van der Waals surface area contributed by atoms with Crippen molar-refractivity contribution in [3.05, 3.63) is 72.9 Å². The SMILES string of the molecule is C=CCN(Cc1ccccc1)c1ccccn1. The fourth-order valence-electron chi connectivity index (χ4n) is 1.74. The lowest BCUT2D eigenvalue weighted by Gasteiger charge is -2.22. The molecule has 1 aromatic heterocycles. The van der Waals surface area contributed by atoms with E-state index < -0.39 is 0 Å².